The fraction of sp³-hybridized carbons (Fsp3) is 0.524. The third-order valence-corrected chi connectivity index (χ3v) is 5.97. The standard InChI is InChI=1S/C21H27N3O3/c25-19-13-21(16-24(19)10-4-7-17-5-2-1-3-6-17)8-11-23(12-9-21)15-18-14-22-20(26)27-18/h1-7,18H,8-16H2,(H,22,26)/b7-4+. The SMILES string of the molecule is O=C1NCC(CN2CCC3(CC2)CC(=O)N(C/C=C/c2ccccc2)C3)O1. The second-order valence-corrected chi connectivity index (χ2v) is 7.97. The number of ether oxygens (including phenoxy) is 1. The van der Waals surface area contributed by atoms with E-state index in [0.717, 1.165) is 44.6 Å². The smallest absolute Gasteiger partial charge is 0.407 e. The van der Waals surface area contributed by atoms with E-state index in [-0.39, 0.29) is 23.5 Å². The molecule has 6 nitrogen and oxygen atoms in total. The number of rotatable bonds is 5. The number of likely N-dealkylation sites (tertiary alicyclic amines) is 2. The zero-order chi connectivity index (χ0) is 18.7. The van der Waals surface area contributed by atoms with Crippen LogP contribution in [-0.2, 0) is 9.53 Å². The summed E-state index contributed by atoms with van der Waals surface area (Å²) in [6.45, 7) is 4.86. The van der Waals surface area contributed by atoms with Gasteiger partial charge in [0.05, 0.1) is 6.54 Å². The van der Waals surface area contributed by atoms with Crippen molar-refractivity contribution < 1.29 is 14.3 Å². The van der Waals surface area contributed by atoms with Crippen LogP contribution in [0, 0.1) is 5.41 Å². The Kier molecular flexibility index (Phi) is 5.16. The van der Waals surface area contributed by atoms with E-state index < -0.39 is 0 Å². The van der Waals surface area contributed by atoms with Crippen molar-refractivity contribution in [3.05, 3.63) is 42.0 Å². The Hall–Kier alpha value is -2.34. The monoisotopic (exact) mass is 369 g/mol. The molecular formula is C21H27N3O3. The van der Waals surface area contributed by atoms with Crippen LogP contribution in [0.1, 0.15) is 24.8 Å². The van der Waals surface area contributed by atoms with Crippen LogP contribution in [0.4, 0.5) is 4.79 Å². The van der Waals surface area contributed by atoms with Gasteiger partial charge in [-0.25, -0.2) is 4.79 Å². The molecule has 0 radical (unpaired) electrons. The van der Waals surface area contributed by atoms with Crippen molar-refractivity contribution in [1.29, 1.82) is 0 Å². The van der Waals surface area contributed by atoms with Gasteiger partial charge in [-0.2, -0.15) is 0 Å². The summed E-state index contributed by atoms with van der Waals surface area (Å²) in [7, 11) is 0. The normalized spacial score (nSPS) is 25.3. The van der Waals surface area contributed by atoms with E-state index in [9.17, 15) is 9.59 Å². The molecule has 27 heavy (non-hydrogen) atoms. The first kappa shape index (κ1) is 18.0. The Morgan fingerprint density at radius 2 is 1.96 bits per heavy atom. The molecule has 2 amide bonds. The lowest BCUT2D eigenvalue weighted by Crippen LogP contribution is -2.44. The van der Waals surface area contributed by atoms with Gasteiger partial charge in [0.2, 0.25) is 5.91 Å². The molecular weight excluding hydrogens is 342 g/mol. The molecule has 1 unspecified atom stereocenters. The molecule has 0 aliphatic carbocycles. The van der Waals surface area contributed by atoms with Gasteiger partial charge >= 0.3 is 6.09 Å². The fourth-order valence-electron chi connectivity index (χ4n) is 4.39. The van der Waals surface area contributed by atoms with E-state index in [1.807, 2.05) is 23.1 Å². The van der Waals surface area contributed by atoms with Gasteiger partial charge in [-0.3, -0.25) is 9.69 Å². The molecule has 3 heterocycles. The van der Waals surface area contributed by atoms with Gasteiger partial charge in [-0.1, -0.05) is 42.5 Å². The highest BCUT2D eigenvalue weighted by molar-refractivity contribution is 5.79. The van der Waals surface area contributed by atoms with Crippen LogP contribution >= 0.6 is 0 Å². The lowest BCUT2D eigenvalue weighted by Gasteiger charge is -2.39. The summed E-state index contributed by atoms with van der Waals surface area (Å²) >= 11 is 0. The molecule has 6 heteroatoms. The molecule has 0 saturated carbocycles. The highest BCUT2D eigenvalue weighted by atomic mass is 16.6. The first-order chi connectivity index (χ1) is 13.1. The Morgan fingerprint density at radius 1 is 1.19 bits per heavy atom. The quantitative estimate of drug-likeness (QED) is 0.864. The number of nitrogens with one attached hydrogen (secondary N) is 1. The molecule has 1 spiro atoms. The summed E-state index contributed by atoms with van der Waals surface area (Å²) in [5.41, 5.74) is 1.29. The maximum Gasteiger partial charge on any atom is 0.407 e. The van der Waals surface area contributed by atoms with Gasteiger partial charge < -0.3 is 15.0 Å². The predicted octanol–water partition coefficient (Wildman–Crippen LogP) is 2.12. The number of carbonyl (C=O) groups excluding carboxylic acids is 2. The molecule has 4 rings (SSSR count). The Bertz CT molecular complexity index is 711. The summed E-state index contributed by atoms with van der Waals surface area (Å²) in [5, 5.41) is 2.71. The molecule has 3 fully saturated rings. The number of amides is 2. The number of benzene rings is 1. The Labute approximate surface area is 160 Å². The molecule has 0 bridgehead atoms. The number of cyclic esters (lactones) is 1. The van der Waals surface area contributed by atoms with Gasteiger partial charge in [0, 0.05) is 26.1 Å². The lowest BCUT2D eigenvalue weighted by atomic mass is 9.77. The van der Waals surface area contributed by atoms with Gasteiger partial charge in [0.25, 0.3) is 0 Å². The minimum Gasteiger partial charge on any atom is -0.443 e. The molecule has 1 atom stereocenters. The topological polar surface area (TPSA) is 61.9 Å². The zero-order valence-electron chi connectivity index (χ0n) is 15.6. The number of hydrogen-bond donors (Lipinski definition) is 1. The summed E-state index contributed by atoms with van der Waals surface area (Å²) in [5.74, 6) is 0.273. The van der Waals surface area contributed by atoms with Crippen LogP contribution in [0.25, 0.3) is 6.08 Å². The summed E-state index contributed by atoms with van der Waals surface area (Å²) in [6.07, 6.45) is 6.54. The van der Waals surface area contributed by atoms with E-state index >= 15 is 0 Å². The van der Waals surface area contributed by atoms with E-state index in [4.69, 9.17) is 4.74 Å². The molecule has 144 valence electrons. The van der Waals surface area contributed by atoms with E-state index in [2.05, 4.69) is 34.5 Å². The van der Waals surface area contributed by atoms with E-state index in [0.29, 0.717) is 19.5 Å². The van der Waals surface area contributed by atoms with E-state index in [1.165, 1.54) is 0 Å². The molecule has 3 saturated heterocycles. The Morgan fingerprint density at radius 3 is 2.67 bits per heavy atom. The summed E-state index contributed by atoms with van der Waals surface area (Å²) in [6, 6.07) is 10.2. The van der Waals surface area contributed by atoms with Gasteiger partial charge in [0.1, 0.15) is 6.10 Å². The van der Waals surface area contributed by atoms with E-state index in [1.54, 1.807) is 0 Å². The van der Waals surface area contributed by atoms with Crippen LogP contribution in [0.2, 0.25) is 0 Å². The molecule has 1 aromatic carbocycles. The Balaban J connectivity index is 1.26. The summed E-state index contributed by atoms with van der Waals surface area (Å²) in [4.78, 5) is 28.0. The van der Waals surface area contributed by atoms with Crippen LogP contribution < -0.4 is 5.32 Å². The predicted molar refractivity (Wildman–Crippen MR) is 103 cm³/mol. The number of alkyl carbamates (subject to hydrolysis) is 1. The maximum atomic E-state index is 12.5. The average molecular weight is 369 g/mol. The molecule has 0 aromatic heterocycles. The van der Waals surface area contributed by atoms with Gasteiger partial charge in [0.15, 0.2) is 0 Å². The number of nitrogens with zero attached hydrogens (tertiary/aromatic N) is 2. The molecule has 3 aliphatic rings. The van der Waals surface area contributed by atoms with Crippen molar-refractivity contribution in [2.75, 3.05) is 39.3 Å². The minimum atomic E-state index is -0.311. The third kappa shape index (κ3) is 4.33. The second-order valence-electron chi connectivity index (χ2n) is 7.97. The number of hydrogen-bond acceptors (Lipinski definition) is 4. The highest BCUT2D eigenvalue weighted by Crippen LogP contribution is 2.41. The van der Waals surface area contributed by atoms with Crippen LogP contribution in [-0.4, -0.2) is 67.2 Å². The van der Waals surface area contributed by atoms with Crippen LogP contribution in [0.15, 0.2) is 36.4 Å². The first-order valence-electron chi connectivity index (χ1n) is 9.78. The summed E-state index contributed by atoms with van der Waals surface area (Å²) < 4.78 is 5.23. The molecule has 3 aliphatic heterocycles. The van der Waals surface area contributed by atoms with Gasteiger partial charge in [-0.05, 0) is 36.9 Å². The second kappa shape index (κ2) is 7.72. The van der Waals surface area contributed by atoms with Gasteiger partial charge in [-0.15, -0.1) is 0 Å². The van der Waals surface area contributed by atoms with Crippen LogP contribution in [0.3, 0.4) is 0 Å². The average Bonchev–Trinajstić information content (AvgIpc) is 3.21. The van der Waals surface area contributed by atoms with Crippen molar-refractivity contribution in [3.8, 4) is 0 Å². The fourth-order valence-corrected chi connectivity index (χ4v) is 4.39. The minimum absolute atomic E-state index is 0.0450. The maximum absolute atomic E-state index is 12.5. The molecule has 1 N–H and O–H groups in total. The third-order valence-electron chi connectivity index (χ3n) is 5.97. The lowest BCUT2D eigenvalue weighted by molar-refractivity contribution is -0.127. The van der Waals surface area contributed by atoms with Crippen molar-refractivity contribution in [3.63, 3.8) is 0 Å². The zero-order valence-corrected chi connectivity index (χ0v) is 15.6. The van der Waals surface area contributed by atoms with Crippen molar-refractivity contribution in [2.45, 2.75) is 25.4 Å². The first-order valence-corrected chi connectivity index (χ1v) is 9.78. The van der Waals surface area contributed by atoms with Crippen molar-refractivity contribution in [2.24, 2.45) is 5.41 Å². The highest BCUT2D eigenvalue weighted by Gasteiger charge is 2.44. The number of piperidine rings is 1. The number of carbonyl (C=O) groups is 2. The molecule has 1 aromatic rings. The van der Waals surface area contributed by atoms with Crippen molar-refractivity contribution >= 4 is 18.1 Å². The van der Waals surface area contributed by atoms with Crippen molar-refractivity contribution in [1.82, 2.24) is 15.1 Å². The van der Waals surface area contributed by atoms with Crippen LogP contribution in [0.5, 0.6) is 0 Å². The largest absolute Gasteiger partial charge is 0.443 e.